The molecule has 1 spiro atoms. The summed E-state index contributed by atoms with van der Waals surface area (Å²) in [6, 6.07) is 8.02. The zero-order chi connectivity index (χ0) is 21.2. The Morgan fingerprint density at radius 2 is 1.77 bits per heavy atom. The molecule has 0 unspecified atom stereocenters. The van der Waals surface area contributed by atoms with Crippen molar-refractivity contribution in [1.82, 2.24) is 13.9 Å². The standard InChI is InChI=1S/C21H31N3O5S/c1-17-4-6-18(7-5-17)15-22-20(25)19-3-2-10-24(16-19)30(26,27)23-11-8-21(9-12-23)28-13-14-29-21/h4-7,19H,2-3,8-16H2,1H3,(H,22,25)/t19-/m0/s1. The molecule has 0 bridgehead atoms. The molecule has 3 aliphatic rings. The van der Waals surface area contributed by atoms with E-state index in [0.717, 1.165) is 5.56 Å². The summed E-state index contributed by atoms with van der Waals surface area (Å²) in [5.41, 5.74) is 2.21. The first-order valence-corrected chi connectivity index (χ1v) is 12.1. The van der Waals surface area contributed by atoms with Crippen LogP contribution in [0.3, 0.4) is 0 Å². The van der Waals surface area contributed by atoms with Crippen molar-refractivity contribution in [1.29, 1.82) is 0 Å². The molecule has 0 saturated carbocycles. The van der Waals surface area contributed by atoms with Gasteiger partial charge in [-0.3, -0.25) is 4.79 Å². The highest BCUT2D eigenvalue weighted by molar-refractivity contribution is 7.86. The molecule has 30 heavy (non-hydrogen) atoms. The van der Waals surface area contributed by atoms with E-state index in [4.69, 9.17) is 9.47 Å². The number of piperidine rings is 2. The van der Waals surface area contributed by atoms with E-state index in [1.165, 1.54) is 14.2 Å². The first-order chi connectivity index (χ1) is 14.4. The van der Waals surface area contributed by atoms with Gasteiger partial charge in [-0.25, -0.2) is 0 Å². The van der Waals surface area contributed by atoms with Crippen molar-refractivity contribution >= 4 is 16.1 Å². The van der Waals surface area contributed by atoms with Crippen molar-refractivity contribution in [2.75, 3.05) is 39.4 Å². The Morgan fingerprint density at radius 3 is 2.43 bits per heavy atom. The number of nitrogens with zero attached hydrogens (tertiary/aromatic N) is 2. The van der Waals surface area contributed by atoms with Crippen LogP contribution in [0.15, 0.2) is 24.3 Å². The molecule has 8 nitrogen and oxygen atoms in total. The smallest absolute Gasteiger partial charge is 0.282 e. The predicted molar refractivity (Wildman–Crippen MR) is 112 cm³/mol. The van der Waals surface area contributed by atoms with Gasteiger partial charge in [0.1, 0.15) is 0 Å². The molecule has 1 amide bonds. The Labute approximate surface area is 178 Å². The molecule has 3 fully saturated rings. The maximum atomic E-state index is 13.2. The highest BCUT2D eigenvalue weighted by Gasteiger charge is 2.44. The first-order valence-electron chi connectivity index (χ1n) is 10.7. The number of aryl methyl sites for hydroxylation is 1. The van der Waals surface area contributed by atoms with Crippen LogP contribution in [0.5, 0.6) is 0 Å². The van der Waals surface area contributed by atoms with Gasteiger partial charge in [0.15, 0.2) is 5.79 Å². The van der Waals surface area contributed by atoms with Crippen molar-refractivity contribution in [3.8, 4) is 0 Å². The minimum absolute atomic E-state index is 0.0826. The van der Waals surface area contributed by atoms with Gasteiger partial charge in [-0.2, -0.15) is 17.0 Å². The Kier molecular flexibility index (Phi) is 6.45. The molecule has 1 N–H and O–H groups in total. The molecule has 166 valence electrons. The number of rotatable bonds is 5. The summed E-state index contributed by atoms with van der Waals surface area (Å²) in [5, 5.41) is 2.97. The van der Waals surface area contributed by atoms with Gasteiger partial charge in [0.25, 0.3) is 10.2 Å². The molecule has 4 rings (SSSR count). The second kappa shape index (κ2) is 8.92. The summed E-state index contributed by atoms with van der Waals surface area (Å²) in [7, 11) is -3.59. The minimum atomic E-state index is -3.59. The largest absolute Gasteiger partial charge is 0.352 e. The molecular weight excluding hydrogens is 406 g/mol. The normalized spacial score (nSPS) is 25.4. The maximum absolute atomic E-state index is 13.2. The predicted octanol–water partition coefficient (Wildman–Crippen LogP) is 1.41. The molecule has 3 saturated heterocycles. The van der Waals surface area contributed by atoms with E-state index in [1.54, 1.807) is 0 Å². The average Bonchev–Trinajstić information content (AvgIpc) is 3.21. The van der Waals surface area contributed by atoms with Gasteiger partial charge in [0.2, 0.25) is 5.91 Å². The van der Waals surface area contributed by atoms with E-state index >= 15 is 0 Å². The molecule has 1 aromatic carbocycles. The summed E-state index contributed by atoms with van der Waals surface area (Å²) in [6.07, 6.45) is 2.48. The van der Waals surface area contributed by atoms with Crippen LogP contribution in [-0.2, 0) is 31.0 Å². The molecule has 1 atom stereocenters. The van der Waals surface area contributed by atoms with Crippen LogP contribution in [0.25, 0.3) is 0 Å². The highest BCUT2D eigenvalue weighted by atomic mass is 32.2. The van der Waals surface area contributed by atoms with Gasteiger partial charge in [-0.15, -0.1) is 0 Å². The van der Waals surface area contributed by atoms with Gasteiger partial charge in [-0.1, -0.05) is 29.8 Å². The summed E-state index contributed by atoms with van der Waals surface area (Å²) < 4.78 is 40.7. The Hall–Kier alpha value is -1.52. The molecule has 1 aromatic rings. The second-order valence-corrected chi connectivity index (χ2v) is 10.3. The van der Waals surface area contributed by atoms with E-state index in [-0.39, 0.29) is 18.4 Å². The van der Waals surface area contributed by atoms with Crippen LogP contribution in [0.2, 0.25) is 0 Å². The quantitative estimate of drug-likeness (QED) is 0.753. The number of amides is 1. The van der Waals surface area contributed by atoms with Gasteiger partial charge in [0, 0.05) is 45.6 Å². The van der Waals surface area contributed by atoms with Crippen molar-refractivity contribution in [2.45, 2.75) is 44.9 Å². The zero-order valence-electron chi connectivity index (χ0n) is 17.5. The van der Waals surface area contributed by atoms with E-state index in [2.05, 4.69) is 5.32 Å². The molecule has 3 aliphatic heterocycles. The van der Waals surface area contributed by atoms with E-state index in [0.29, 0.717) is 65.1 Å². The maximum Gasteiger partial charge on any atom is 0.282 e. The third-order valence-electron chi connectivity index (χ3n) is 6.29. The molecular formula is C21H31N3O5S. The molecule has 0 aromatic heterocycles. The lowest BCUT2D eigenvalue weighted by Gasteiger charge is -2.40. The van der Waals surface area contributed by atoms with Crippen LogP contribution >= 0.6 is 0 Å². The van der Waals surface area contributed by atoms with Crippen LogP contribution < -0.4 is 5.32 Å². The zero-order valence-corrected chi connectivity index (χ0v) is 18.3. The summed E-state index contributed by atoms with van der Waals surface area (Å²) >= 11 is 0. The molecule has 0 aliphatic carbocycles. The van der Waals surface area contributed by atoms with Crippen molar-refractivity contribution < 1.29 is 22.7 Å². The monoisotopic (exact) mass is 437 g/mol. The minimum Gasteiger partial charge on any atom is -0.352 e. The van der Waals surface area contributed by atoms with Gasteiger partial charge in [-0.05, 0) is 25.3 Å². The van der Waals surface area contributed by atoms with E-state index < -0.39 is 16.0 Å². The molecule has 3 heterocycles. The number of hydrogen-bond acceptors (Lipinski definition) is 5. The summed E-state index contributed by atoms with van der Waals surface area (Å²) in [6.45, 7) is 5.06. The fraction of sp³-hybridized carbons (Fsp3) is 0.667. The van der Waals surface area contributed by atoms with Crippen LogP contribution in [0.1, 0.15) is 36.8 Å². The summed E-state index contributed by atoms with van der Waals surface area (Å²) in [4.78, 5) is 12.7. The van der Waals surface area contributed by atoms with Crippen LogP contribution in [-0.4, -0.2) is 68.1 Å². The number of carbonyl (C=O) groups excluding carboxylic acids is 1. The van der Waals surface area contributed by atoms with E-state index in [1.807, 2.05) is 31.2 Å². The van der Waals surface area contributed by atoms with Gasteiger partial charge >= 0.3 is 0 Å². The topological polar surface area (TPSA) is 88.2 Å². The SMILES string of the molecule is Cc1ccc(CNC(=O)[C@H]2CCCN(S(=O)(=O)N3CCC4(CC3)OCCO4)C2)cc1. The van der Waals surface area contributed by atoms with Crippen molar-refractivity contribution in [3.63, 3.8) is 0 Å². The highest BCUT2D eigenvalue weighted by Crippen LogP contribution is 2.33. The summed E-state index contributed by atoms with van der Waals surface area (Å²) in [5.74, 6) is -1.01. The van der Waals surface area contributed by atoms with Crippen molar-refractivity contribution in [2.24, 2.45) is 5.92 Å². The third-order valence-corrected chi connectivity index (χ3v) is 8.29. The lowest BCUT2D eigenvalue weighted by atomic mass is 9.98. The van der Waals surface area contributed by atoms with Gasteiger partial charge in [0.05, 0.1) is 19.1 Å². The molecule has 9 heteroatoms. The fourth-order valence-corrected chi connectivity index (χ4v) is 6.11. The van der Waals surface area contributed by atoms with Crippen LogP contribution in [0, 0.1) is 12.8 Å². The fourth-order valence-electron chi connectivity index (χ4n) is 4.41. The lowest BCUT2D eigenvalue weighted by molar-refractivity contribution is -0.179. The number of carbonyl (C=O) groups is 1. The number of hydrogen-bond donors (Lipinski definition) is 1. The van der Waals surface area contributed by atoms with Crippen LogP contribution in [0.4, 0.5) is 0 Å². The Balaban J connectivity index is 1.32. The van der Waals surface area contributed by atoms with Crippen molar-refractivity contribution in [3.05, 3.63) is 35.4 Å². The lowest BCUT2D eigenvalue weighted by Crippen LogP contribution is -2.54. The van der Waals surface area contributed by atoms with Gasteiger partial charge < -0.3 is 14.8 Å². The Morgan fingerprint density at radius 1 is 1.10 bits per heavy atom. The molecule has 0 radical (unpaired) electrons. The third kappa shape index (κ3) is 4.70. The number of benzene rings is 1. The average molecular weight is 438 g/mol. The number of ether oxygens (including phenoxy) is 2. The first kappa shape index (κ1) is 21.7. The number of nitrogens with one attached hydrogen (secondary N) is 1. The van der Waals surface area contributed by atoms with E-state index in [9.17, 15) is 13.2 Å². The second-order valence-electron chi connectivity index (χ2n) is 8.42. The Bertz CT molecular complexity index is 842.